The zero-order valence-corrected chi connectivity index (χ0v) is 13.5. The Hall–Kier alpha value is -1.79. The van der Waals surface area contributed by atoms with Crippen molar-refractivity contribution in [2.24, 2.45) is 0 Å². The lowest BCUT2D eigenvalue weighted by atomic mass is 10.2. The van der Waals surface area contributed by atoms with E-state index in [1.807, 2.05) is 27.7 Å². The molecular weight excluding hydrogens is 274 g/mol. The van der Waals surface area contributed by atoms with Crippen LogP contribution in [0.15, 0.2) is 0 Å². The van der Waals surface area contributed by atoms with E-state index in [0.29, 0.717) is 13.0 Å². The third kappa shape index (κ3) is 8.16. The van der Waals surface area contributed by atoms with Gasteiger partial charge in [-0.25, -0.2) is 4.79 Å². The van der Waals surface area contributed by atoms with Gasteiger partial charge in [-0.15, -0.1) is 0 Å². The van der Waals surface area contributed by atoms with Crippen molar-refractivity contribution in [2.75, 3.05) is 6.54 Å². The van der Waals surface area contributed by atoms with Crippen molar-refractivity contribution in [3.05, 3.63) is 0 Å². The first-order valence-corrected chi connectivity index (χ1v) is 7.24. The fourth-order valence-corrected chi connectivity index (χ4v) is 1.74. The maximum Gasteiger partial charge on any atom is 0.318 e. The van der Waals surface area contributed by atoms with Gasteiger partial charge in [0.15, 0.2) is 0 Å². The predicted molar refractivity (Wildman–Crippen MR) is 80.0 cm³/mol. The van der Waals surface area contributed by atoms with Crippen LogP contribution in [0.25, 0.3) is 0 Å². The van der Waals surface area contributed by atoms with Crippen LogP contribution in [-0.2, 0) is 9.59 Å². The molecule has 0 radical (unpaired) electrons. The minimum absolute atomic E-state index is 0.00798. The summed E-state index contributed by atoms with van der Waals surface area (Å²) in [4.78, 5) is 36.0. The third-order valence-corrected chi connectivity index (χ3v) is 2.84. The van der Waals surface area contributed by atoms with Crippen molar-refractivity contribution in [1.82, 2.24) is 15.5 Å². The van der Waals surface area contributed by atoms with Crippen LogP contribution in [0.1, 0.15) is 47.5 Å². The molecule has 122 valence electrons. The molecule has 0 aliphatic heterocycles. The van der Waals surface area contributed by atoms with E-state index < -0.39 is 12.0 Å². The molecule has 0 spiro atoms. The molecule has 0 aliphatic rings. The number of carbonyl (C=O) groups is 3. The van der Waals surface area contributed by atoms with Gasteiger partial charge in [0.1, 0.15) is 6.04 Å². The topological polar surface area (TPSA) is 98.7 Å². The van der Waals surface area contributed by atoms with E-state index in [0.717, 1.165) is 0 Å². The molecule has 0 fully saturated rings. The van der Waals surface area contributed by atoms with E-state index in [-0.39, 0.29) is 30.4 Å². The molecule has 21 heavy (non-hydrogen) atoms. The average molecular weight is 301 g/mol. The number of nitrogens with zero attached hydrogens (tertiary/aromatic N) is 1. The highest BCUT2D eigenvalue weighted by atomic mass is 16.4. The van der Waals surface area contributed by atoms with Crippen LogP contribution in [0, 0.1) is 0 Å². The van der Waals surface area contributed by atoms with Crippen LogP contribution in [0.5, 0.6) is 0 Å². The number of amides is 3. The molecular formula is C14H27N3O4. The van der Waals surface area contributed by atoms with Gasteiger partial charge >= 0.3 is 12.0 Å². The maximum atomic E-state index is 12.1. The first-order chi connectivity index (χ1) is 9.65. The van der Waals surface area contributed by atoms with Gasteiger partial charge in [-0.2, -0.15) is 0 Å². The first kappa shape index (κ1) is 19.2. The van der Waals surface area contributed by atoms with Gasteiger partial charge in [-0.05, 0) is 41.0 Å². The summed E-state index contributed by atoms with van der Waals surface area (Å²) in [6, 6.07) is -1.06. The fourth-order valence-electron chi connectivity index (χ4n) is 1.74. The van der Waals surface area contributed by atoms with Gasteiger partial charge in [0.2, 0.25) is 5.91 Å². The molecule has 0 aliphatic carbocycles. The lowest BCUT2D eigenvalue weighted by Gasteiger charge is -2.28. The highest BCUT2D eigenvalue weighted by Gasteiger charge is 2.22. The molecule has 3 amide bonds. The van der Waals surface area contributed by atoms with Gasteiger partial charge in [0.05, 0.1) is 0 Å². The van der Waals surface area contributed by atoms with Gasteiger partial charge < -0.3 is 20.6 Å². The average Bonchev–Trinajstić information content (AvgIpc) is 2.32. The molecule has 7 nitrogen and oxygen atoms in total. The molecule has 0 heterocycles. The molecule has 7 heteroatoms. The van der Waals surface area contributed by atoms with Gasteiger partial charge in [-0.3, -0.25) is 9.59 Å². The van der Waals surface area contributed by atoms with E-state index >= 15 is 0 Å². The largest absolute Gasteiger partial charge is 0.481 e. The number of nitrogens with one attached hydrogen (secondary N) is 2. The smallest absolute Gasteiger partial charge is 0.318 e. The lowest BCUT2D eigenvalue weighted by molar-refractivity contribution is -0.137. The molecule has 3 N–H and O–H groups in total. The number of rotatable bonds is 8. The van der Waals surface area contributed by atoms with Crippen molar-refractivity contribution in [1.29, 1.82) is 0 Å². The Labute approximate surface area is 126 Å². The Morgan fingerprint density at radius 2 is 1.62 bits per heavy atom. The van der Waals surface area contributed by atoms with Gasteiger partial charge in [-0.1, -0.05) is 0 Å². The second-order valence-corrected chi connectivity index (χ2v) is 5.62. The SMILES string of the molecule is CC(C)NC(=O)C(C)NC(=O)N(CCCC(=O)O)C(C)C. The molecule has 0 saturated heterocycles. The van der Waals surface area contributed by atoms with Crippen LogP contribution in [-0.4, -0.2) is 52.6 Å². The summed E-state index contributed by atoms with van der Waals surface area (Å²) in [7, 11) is 0. The highest BCUT2D eigenvalue weighted by molar-refractivity contribution is 5.86. The van der Waals surface area contributed by atoms with E-state index in [1.54, 1.807) is 6.92 Å². The van der Waals surface area contributed by atoms with Crippen molar-refractivity contribution < 1.29 is 19.5 Å². The third-order valence-electron chi connectivity index (χ3n) is 2.84. The lowest BCUT2D eigenvalue weighted by Crippen LogP contribution is -2.52. The monoisotopic (exact) mass is 301 g/mol. The Morgan fingerprint density at radius 3 is 2.05 bits per heavy atom. The molecule has 0 saturated carbocycles. The summed E-state index contributed by atoms with van der Waals surface area (Å²) in [6.07, 6.45) is 0.396. The zero-order valence-electron chi connectivity index (χ0n) is 13.5. The molecule has 0 aromatic heterocycles. The Balaban J connectivity index is 4.47. The maximum absolute atomic E-state index is 12.1. The molecule has 0 bridgehead atoms. The molecule has 0 rings (SSSR count). The van der Waals surface area contributed by atoms with Crippen LogP contribution in [0.2, 0.25) is 0 Å². The number of hydrogen-bond acceptors (Lipinski definition) is 3. The van der Waals surface area contributed by atoms with Crippen LogP contribution in [0.3, 0.4) is 0 Å². The number of carboxylic acid groups (broad SMARTS) is 1. The Morgan fingerprint density at radius 1 is 1.05 bits per heavy atom. The van der Waals surface area contributed by atoms with E-state index in [1.165, 1.54) is 4.90 Å². The summed E-state index contributed by atoms with van der Waals surface area (Å²) in [5, 5.41) is 14.0. The fraction of sp³-hybridized carbons (Fsp3) is 0.786. The number of hydrogen-bond donors (Lipinski definition) is 3. The van der Waals surface area contributed by atoms with E-state index in [4.69, 9.17) is 5.11 Å². The van der Waals surface area contributed by atoms with Crippen LogP contribution >= 0.6 is 0 Å². The second kappa shape index (κ2) is 9.20. The van der Waals surface area contributed by atoms with Crippen molar-refractivity contribution >= 4 is 17.9 Å². The Bertz CT molecular complexity index is 369. The zero-order chi connectivity index (χ0) is 16.6. The van der Waals surface area contributed by atoms with Crippen LogP contribution < -0.4 is 10.6 Å². The molecule has 0 aromatic rings. The number of carbonyl (C=O) groups excluding carboxylic acids is 2. The van der Waals surface area contributed by atoms with Crippen molar-refractivity contribution in [2.45, 2.75) is 65.6 Å². The summed E-state index contributed by atoms with van der Waals surface area (Å²) in [5.74, 6) is -1.13. The summed E-state index contributed by atoms with van der Waals surface area (Å²) in [5.41, 5.74) is 0. The molecule has 1 unspecified atom stereocenters. The Kier molecular flexibility index (Phi) is 8.42. The highest BCUT2D eigenvalue weighted by Crippen LogP contribution is 2.03. The minimum Gasteiger partial charge on any atom is -0.481 e. The van der Waals surface area contributed by atoms with Crippen LogP contribution in [0.4, 0.5) is 4.79 Å². The van der Waals surface area contributed by atoms with Crippen molar-refractivity contribution in [3.63, 3.8) is 0 Å². The molecule has 1 atom stereocenters. The summed E-state index contributed by atoms with van der Waals surface area (Å²) >= 11 is 0. The van der Waals surface area contributed by atoms with E-state index in [2.05, 4.69) is 10.6 Å². The van der Waals surface area contributed by atoms with Crippen molar-refractivity contribution in [3.8, 4) is 0 Å². The summed E-state index contributed by atoms with van der Waals surface area (Å²) < 4.78 is 0. The number of carboxylic acids is 1. The quantitative estimate of drug-likeness (QED) is 0.627. The minimum atomic E-state index is -0.885. The van der Waals surface area contributed by atoms with E-state index in [9.17, 15) is 14.4 Å². The summed E-state index contributed by atoms with van der Waals surface area (Å²) in [6.45, 7) is 9.34. The first-order valence-electron chi connectivity index (χ1n) is 7.24. The predicted octanol–water partition coefficient (Wildman–Crippen LogP) is 1.18. The number of urea groups is 1. The normalized spacial score (nSPS) is 12.1. The second-order valence-electron chi connectivity index (χ2n) is 5.62. The van der Waals surface area contributed by atoms with Gasteiger partial charge in [0.25, 0.3) is 0 Å². The number of aliphatic carboxylic acids is 1. The standard InChI is InChI=1S/C14H27N3O4/c1-9(2)15-13(20)11(5)16-14(21)17(10(3)4)8-6-7-12(18)19/h9-11H,6-8H2,1-5H3,(H,15,20)(H,16,21)(H,18,19). The van der Waals surface area contributed by atoms with Gasteiger partial charge in [0, 0.05) is 25.0 Å². The molecule has 0 aromatic carbocycles.